The van der Waals surface area contributed by atoms with Crippen molar-refractivity contribution in [2.24, 2.45) is 5.73 Å². The van der Waals surface area contributed by atoms with Crippen molar-refractivity contribution in [1.29, 1.82) is 0 Å². The molecule has 27 heavy (non-hydrogen) atoms. The number of anilines is 2. The summed E-state index contributed by atoms with van der Waals surface area (Å²) in [7, 11) is 0. The first-order valence-corrected chi connectivity index (χ1v) is 9.51. The molecule has 0 radical (unpaired) electrons. The minimum Gasteiger partial charge on any atom is -0.365 e. The normalized spacial score (nSPS) is 13.4. The first-order valence-electron chi connectivity index (χ1n) is 8.69. The molecule has 0 unspecified atom stereocenters. The van der Waals surface area contributed by atoms with E-state index in [4.69, 9.17) is 5.73 Å². The zero-order valence-electron chi connectivity index (χ0n) is 14.9. The number of primary amides is 1. The number of rotatable bonds is 4. The Morgan fingerprint density at radius 1 is 1.11 bits per heavy atom. The second kappa shape index (κ2) is 7.87. The lowest BCUT2D eigenvalue weighted by Gasteiger charge is -2.09. The van der Waals surface area contributed by atoms with Gasteiger partial charge in [-0.05, 0) is 49.4 Å². The second-order valence-corrected chi connectivity index (χ2v) is 7.57. The maximum absolute atomic E-state index is 14.1. The van der Waals surface area contributed by atoms with Crippen LogP contribution in [0.2, 0.25) is 0 Å². The Hall–Kier alpha value is -2.74. The van der Waals surface area contributed by atoms with Crippen LogP contribution in [-0.4, -0.2) is 17.7 Å². The Bertz CT molecular complexity index is 923. The largest absolute Gasteiger partial charge is 0.365 e. The van der Waals surface area contributed by atoms with Crippen LogP contribution in [0.25, 0.3) is 0 Å². The van der Waals surface area contributed by atoms with Gasteiger partial charge in [0.2, 0.25) is 5.91 Å². The van der Waals surface area contributed by atoms with Gasteiger partial charge in [0.25, 0.3) is 11.8 Å². The zero-order valence-corrected chi connectivity index (χ0v) is 15.7. The summed E-state index contributed by atoms with van der Waals surface area (Å²) in [6.45, 7) is 1.32. The zero-order chi connectivity index (χ0) is 19.6. The Kier molecular flexibility index (Phi) is 5.55. The number of hydrogen-bond acceptors (Lipinski definition) is 4. The highest BCUT2D eigenvalue weighted by molar-refractivity contribution is 7.17. The van der Waals surface area contributed by atoms with Crippen molar-refractivity contribution < 1.29 is 18.8 Å². The molecule has 3 amide bonds. The average Bonchev–Trinajstić information content (AvgIpc) is 2.77. The quantitative estimate of drug-likeness (QED) is 0.698. The summed E-state index contributed by atoms with van der Waals surface area (Å²) in [5.74, 6) is -2.35. The number of thiophene rings is 1. The molecule has 142 valence electrons. The summed E-state index contributed by atoms with van der Waals surface area (Å²) >= 11 is 1.32. The molecule has 0 atom stereocenters. The van der Waals surface area contributed by atoms with Crippen LogP contribution >= 0.6 is 11.3 Å². The van der Waals surface area contributed by atoms with Gasteiger partial charge in [-0.1, -0.05) is 6.42 Å². The third-order valence-corrected chi connectivity index (χ3v) is 5.63. The Morgan fingerprint density at radius 3 is 2.56 bits per heavy atom. The number of carbonyl (C=O) groups excluding carboxylic acids is 3. The maximum atomic E-state index is 14.1. The summed E-state index contributed by atoms with van der Waals surface area (Å²) in [6, 6.07) is 3.74. The van der Waals surface area contributed by atoms with Gasteiger partial charge in [-0.25, -0.2) is 4.39 Å². The van der Waals surface area contributed by atoms with Gasteiger partial charge in [-0.3, -0.25) is 14.4 Å². The first-order chi connectivity index (χ1) is 12.9. The third-order valence-electron chi connectivity index (χ3n) is 4.43. The molecule has 2 aromatic rings. The van der Waals surface area contributed by atoms with Gasteiger partial charge >= 0.3 is 0 Å². The van der Waals surface area contributed by atoms with E-state index < -0.39 is 17.6 Å². The third kappa shape index (κ3) is 4.16. The highest BCUT2D eigenvalue weighted by atomic mass is 32.1. The number of hydrogen-bond donors (Lipinski definition) is 3. The molecule has 1 aliphatic carbocycles. The number of halogens is 1. The van der Waals surface area contributed by atoms with Crippen LogP contribution in [0, 0.1) is 5.82 Å². The van der Waals surface area contributed by atoms with Crippen molar-refractivity contribution >= 4 is 39.7 Å². The molecule has 0 saturated heterocycles. The van der Waals surface area contributed by atoms with Crippen molar-refractivity contribution in [3.8, 4) is 0 Å². The molecule has 3 rings (SSSR count). The van der Waals surface area contributed by atoms with E-state index in [1.807, 2.05) is 0 Å². The van der Waals surface area contributed by atoms with Crippen LogP contribution in [0.5, 0.6) is 0 Å². The monoisotopic (exact) mass is 389 g/mol. The van der Waals surface area contributed by atoms with Crippen LogP contribution in [0.4, 0.5) is 15.1 Å². The number of fused-ring (bicyclic) bond motifs is 1. The summed E-state index contributed by atoms with van der Waals surface area (Å²) in [6.07, 6.45) is 4.65. The lowest BCUT2D eigenvalue weighted by atomic mass is 10.1. The molecule has 1 aromatic heterocycles. The van der Waals surface area contributed by atoms with E-state index in [2.05, 4.69) is 10.6 Å². The molecular formula is C19H20FN3O3S. The van der Waals surface area contributed by atoms with Gasteiger partial charge in [-0.2, -0.15) is 0 Å². The lowest BCUT2D eigenvalue weighted by molar-refractivity contribution is -0.114. The number of nitrogens with one attached hydrogen (secondary N) is 2. The highest BCUT2D eigenvalue weighted by Gasteiger charge is 2.25. The van der Waals surface area contributed by atoms with E-state index >= 15 is 0 Å². The summed E-state index contributed by atoms with van der Waals surface area (Å²) in [5.41, 5.74) is 6.86. The maximum Gasteiger partial charge on any atom is 0.259 e. The Balaban J connectivity index is 1.92. The molecule has 8 heteroatoms. The summed E-state index contributed by atoms with van der Waals surface area (Å²) < 4.78 is 14.1. The van der Waals surface area contributed by atoms with Gasteiger partial charge in [-0.15, -0.1) is 11.3 Å². The minimum atomic E-state index is -0.722. The lowest BCUT2D eigenvalue weighted by Crippen LogP contribution is -2.19. The van der Waals surface area contributed by atoms with Gasteiger partial charge in [0.15, 0.2) is 0 Å². The van der Waals surface area contributed by atoms with E-state index in [9.17, 15) is 18.8 Å². The number of benzene rings is 1. The molecule has 6 nitrogen and oxygen atoms in total. The average molecular weight is 389 g/mol. The molecule has 0 bridgehead atoms. The smallest absolute Gasteiger partial charge is 0.259 e. The molecule has 4 N–H and O–H groups in total. The molecule has 0 aliphatic heterocycles. The van der Waals surface area contributed by atoms with E-state index in [0.29, 0.717) is 16.3 Å². The fraction of sp³-hybridized carbons (Fsp3) is 0.316. The van der Waals surface area contributed by atoms with E-state index in [0.717, 1.165) is 48.6 Å². The summed E-state index contributed by atoms with van der Waals surface area (Å²) in [4.78, 5) is 36.8. The fourth-order valence-corrected chi connectivity index (χ4v) is 4.53. The second-order valence-electron chi connectivity index (χ2n) is 6.46. The van der Waals surface area contributed by atoms with Gasteiger partial charge in [0.05, 0.1) is 11.1 Å². The van der Waals surface area contributed by atoms with Gasteiger partial charge in [0.1, 0.15) is 10.8 Å². The highest BCUT2D eigenvalue weighted by Crippen LogP contribution is 2.37. The van der Waals surface area contributed by atoms with E-state index in [1.54, 1.807) is 0 Å². The van der Waals surface area contributed by atoms with Crippen LogP contribution in [-0.2, 0) is 17.6 Å². The van der Waals surface area contributed by atoms with Crippen molar-refractivity contribution in [2.45, 2.75) is 39.0 Å². The van der Waals surface area contributed by atoms with E-state index in [1.165, 1.54) is 30.4 Å². The molecule has 0 fully saturated rings. The molecule has 1 aliphatic rings. The number of aryl methyl sites for hydroxylation is 1. The van der Waals surface area contributed by atoms with Crippen LogP contribution < -0.4 is 16.4 Å². The number of nitrogens with two attached hydrogens (primary N) is 1. The molecule has 1 heterocycles. The van der Waals surface area contributed by atoms with Gasteiger partial charge in [0, 0.05) is 17.5 Å². The van der Waals surface area contributed by atoms with Crippen molar-refractivity contribution in [3.63, 3.8) is 0 Å². The Labute approximate surface area is 159 Å². The predicted molar refractivity (Wildman–Crippen MR) is 103 cm³/mol. The first kappa shape index (κ1) is 19.0. The van der Waals surface area contributed by atoms with Crippen molar-refractivity contribution in [1.82, 2.24) is 0 Å². The Morgan fingerprint density at radius 2 is 1.85 bits per heavy atom. The van der Waals surface area contributed by atoms with E-state index in [-0.39, 0.29) is 11.5 Å². The molecule has 0 saturated carbocycles. The summed E-state index contributed by atoms with van der Waals surface area (Å²) in [5, 5.41) is 5.49. The van der Waals surface area contributed by atoms with Gasteiger partial charge < -0.3 is 16.4 Å². The predicted octanol–water partition coefficient (Wildman–Crippen LogP) is 3.47. The number of amides is 3. The van der Waals surface area contributed by atoms with Crippen molar-refractivity contribution in [2.75, 3.05) is 10.6 Å². The minimum absolute atomic E-state index is 0.222. The standard InChI is InChI=1S/C19H20FN3O3S/c1-10(24)22-11-7-8-14(20)13(9-11)18(26)23-19-16(17(21)25)12-5-3-2-4-6-15(12)27-19/h7-9H,2-6H2,1H3,(H2,21,25)(H,22,24)(H,23,26). The topological polar surface area (TPSA) is 101 Å². The SMILES string of the molecule is CC(=O)Nc1ccc(F)c(C(=O)Nc2sc3c(c2C(N)=O)CCCCC3)c1. The molecule has 1 aromatic carbocycles. The van der Waals surface area contributed by atoms with Crippen LogP contribution in [0.15, 0.2) is 18.2 Å². The van der Waals surface area contributed by atoms with Crippen molar-refractivity contribution in [3.05, 3.63) is 45.6 Å². The fourth-order valence-electron chi connectivity index (χ4n) is 3.24. The van der Waals surface area contributed by atoms with Crippen LogP contribution in [0.1, 0.15) is 57.3 Å². The molecule has 0 spiro atoms. The number of carbonyl (C=O) groups is 3. The molecular weight excluding hydrogens is 369 g/mol. The van der Waals surface area contributed by atoms with Crippen LogP contribution in [0.3, 0.4) is 0 Å².